The van der Waals surface area contributed by atoms with Gasteiger partial charge in [-0.2, -0.15) is 4.98 Å². The molecule has 152 valence electrons. The van der Waals surface area contributed by atoms with Gasteiger partial charge < -0.3 is 4.90 Å². The number of para-hydroxylation sites is 1. The fourth-order valence-electron chi connectivity index (χ4n) is 4.11. The molecule has 0 saturated carbocycles. The standard InChI is InChI=1S/C26H22N4O/c1-18-17-21-13-7-8-14-22(21)30(18)26-28-24-23(25(31)29-26)20(15-16-27-24)12-6-5-11-19-9-3-2-4-10-19/h2-16,18H,17H2,1H3,(H,27,28,29,31)/b11-5+,12-6+/t18-/m0/s1. The molecule has 0 radical (unpaired) electrons. The maximum Gasteiger partial charge on any atom is 0.262 e. The van der Waals surface area contributed by atoms with Crippen molar-refractivity contribution in [2.75, 3.05) is 4.90 Å². The van der Waals surface area contributed by atoms with Gasteiger partial charge >= 0.3 is 0 Å². The Morgan fingerprint density at radius 1 is 1.00 bits per heavy atom. The van der Waals surface area contributed by atoms with Crippen molar-refractivity contribution >= 4 is 34.8 Å². The number of nitrogens with zero attached hydrogens (tertiary/aromatic N) is 3. The lowest BCUT2D eigenvalue weighted by Gasteiger charge is -2.23. The van der Waals surface area contributed by atoms with Crippen molar-refractivity contribution in [1.82, 2.24) is 15.0 Å². The van der Waals surface area contributed by atoms with Gasteiger partial charge in [-0.1, -0.05) is 72.8 Å². The van der Waals surface area contributed by atoms with E-state index in [1.54, 1.807) is 6.20 Å². The number of benzene rings is 2. The number of nitrogens with one attached hydrogen (secondary N) is 1. The van der Waals surface area contributed by atoms with E-state index in [1.807, 2.05) is 72.8 Å². The van der Waals surface area contributed by atoms with Crippen LogP contribution in [0.15, 0.2) is 83.8 Å². The van der Waals surface area contributed by atoms with E-state index in [9.17, 15) is 4.79 Å². The summed E-state index contributed by atoms with van der Waals surface area (Å²) in [5, 5.41) is 0.496. The maximum atomic E-state index is 13.0. The van der Waals surface area contributed by atoms with Crippen LogP contribution in [0.2, 0.25) is 0 Å². The van der Waals surface area contributed by atoms with Gasteiger partial charge in [-0.05, 0) is 42.2 Å². The topological polar surface area (TPSA) is 61.9 Å². The maximum absolute atomic E-state index is 13.0. The summed E-state index contributed by atoms with van der Waals surface area (Å²) in [6.07, 6.45) is 10.4. The summed E-state index contributed by atoms with van der Waals surface area (Å²) in [6.45, 7) is 2.13. The van der Waals surface area contributed by atoms with Crippen LogP contribution in [0.4, 0.5) is 11.6 Å². The first-order chi connectivity index (χ1) is 15.2. The highest BCUT2D eigenvalue weighted by Crippen LogP contribution is 2.36. The van der Waals surface area contributed by atoms with E-state index in [0.29, 0.717) is 17.0 Å². The Balaban J connectivity index is 1.50. The largest absolute Gasteiger partial charge is 0.309 e. The summed E-state index contributed by atoms with van der Waals surface area (Å²) in [5.41, 5.74) is 4.52. The van der Waals surface area contributed by atoms with Crippen LogP contribution in [0.25, 0.3) is 23.2 Å². The minimum Gasteiger partial charge on any atom is -0.309 e. The second-order valence-corrected chi connectivity index (χ2v) is 7.67. The van der Waals surface area contributed by atoms with Gasteiger partial charge in [0, 0.05) is 17.9 Å². The van der Waals surface area contributed by atoms with Gasteiger partial charge in [0.1, 0.15) is 0 Å². The Kier molecular flexibility index (Phi) is 4.92. The van der Waals surface area contributed by atoms with Crippen molar-refractivity contribution < 1.29 is 0 Å². The van der Waals surface area contributed by atoms with E-state index in [1.165, 1.54) is 5.56 Å². The molecule has 1 aliphatic rings. The van der Waals surface area contributed by atoms with Crippen LogP contribution in [0.3, 0.4) is 0 Å². The molecule has 0 spiro atoms. The van der Waals surface area contributed by atoms with Gasteiger partial charge in [0.2, 0.25) is 5.95 Å². The molecule has 4 aromatic rings. The SMILES string of the molecule is C[C@H]1Cc2ccccc2N1c1nc2nccc(/C=C/C=C/c3ccccc3)c2c(=O)[nH]1. The predicted octanol–water partition coefficient (Wildman–Crippen LogP) is 5.13. The Hall–Kier alpha value is -3.99. The van der Waals surface area contributed by atoms with Crippen LogP contribution in [0, 0.1) is 0 Å². The molecule has 0 amide bonds. The number of allylic oxidation sites excluding steroid dienone is 2. The summed E-state index contributed by atoms with van der Waals surface area (Å²) in [5.74, 6) is 0.535. The molecule has 2 aromatic heterocycles. The molecule has 0 aliphatic carbocycles. The van der Waals surface area contributed by atoms with Gasteiger partial charge in [-0.25, -0.2) is 4.98 Å². The Labute approximate surface area is 180 Å². The number of hydrogen-bond donors (Lipinski definition) is 1. The van der Waals surface area contributed by atoms with Gasteiger partial charge in [0.05, 0.1) is 5.39 Å². The highest BCUT2D eigenvalue weighted by molar-refractivity contribution is 5.85. The van der Waals surface area contributed by atoms with Crippen molar-refractivity contribution in [1.29, 1.82) is 0 Å². The fraction of sp³-hybridized carbons (Fsp3) is 0.115. The monoisotopic (exact) mass is 406 g/mol. The summed E-state index contributed by atoms with van der Waals surface area (Å²) in [7, 11) is 0. The molecule has 1 atom stereocenters. The van der Waals surface area contributed by atoms with E-state index < -0.39 is 0 Å². The van der Waals surface area contributed by atoms with Crippen LogP contribution < -0.4 is 10.5 Å². The molecule has 5 rings (SSSR count). The lowest BCUT2D eigenvalue weighted by molar-refractivity contribution is 0.740. The molecule has 1 N–H and O–H groups in total. The first-order valence-electron chi connectivity index (χ1n) is 10.4. The van der Waals surface area contributed by atoms with Crippen molar-refractivity contribution in [3.05, 3.63) is 106 Å². The molecule has 0 unspecified atom stereocenters. The van der Waals surface area contributed by atoms with Crippen molar-refractivity contribution in [3.63, 3.8) is 0 Å². The van der Waals surface area contributed by atoms with E-state index in [2.05, 4.69) is 33.9 Å². The van der Waals surface area contributed by atoms with Crippen molar-refractivity contribution in [2.45, 2.75) is 19.4 Å². The zero-order chi connectivity index (χ0) is 21.2. The molecule has 3 heterocycles. The van der Waals surface area contributed by atoms with Gasteiger partial charge in [0.25, 0.3) is 5.56 Å². The van der Waals surface area contributed by atoms with E-state index in [0.717, 1.165) is 23.2 Å². The lowest BCUT2D eigenvalue weighted by atomic mass is 10.1. The Bertz CT molecular complexity index is 1350. The molecule has 0 saturated heterocycles. The number of aromatic nitrogens is 3. The summed E-state index contributed by atoms with van der Waals surface area (Å²) in [6, 6.07) is 20.4. The number of rotatable bonds is 4. The molecular weight excluding hydrogens is 384 g/mol. The second-order valence-electron chi connectivity index (χ2n) is 7.67. The number of anilines is 2. The molecular formula is C26H22N4O. The van der Waals surface area contributed by atoms with E-state index >= 15 is 0 Å². The van der Waals surface area contributed by atoms with Gasteiger partial charge in [0.15, 0.2) is 5.65 Å². The molecule has 0 bridgehead atoms. The fourth-order valence-corrected chi connectivity index (χ4v) is 4.11. The zero-order valence-electron chi connectivity index (χ0n) is 17.2. The van der Waals surface area contributed by atoms with Crippen LogP contribution in [0.1, 0.15) is 23.6 Å². The summed E-state index contributed by atoms with van der Waals surface area (Å²) in [4.78, 5) is 27.2. The zero-order valence-corrected chi connectivity index (χ0v) is 17.2. The number of pyridine rings is 1. The second kappa shape index (κ2) is 8.03. The number of hydrogen-bond acceptors (Lipinski definition) is 4. The van der Waals surface area contributed by atoms with Crippen LogP contribution in [-0.4, -0.2) is 21.0 Å². The Morgan fingerprint density at radius 2 is 1.77 bits per heavy atom. The average Bonchev–Trinajstić information content (AvgIpc) is 3.13. The van der Waals surface area contributed by atoms with Crippen molar-refractivity contribution in [3.8, 4) is 0 Å². The smallest absolute Gasteiger partial charge is 0.262 e. The summed E-state index contributed by atoms with van der Waals surface area (Å²) < 4.78 is 0. The van der Waals surface area contributed by atoms with Gasteiger partial charge in [-0.3, -0.25) is 9.78 Å². The molecule has 5 nitrogen and oxygen atoms in total. The van der Waals surface area contributed by atoms with Crippen LogP contribution >= 0.6 is 0 Å². The first kappa shape index (κ1) is 19.0. The average molecular weight is 406 g/mol. The van der Waals surface area contributed by atoms with E-state index in [-0.39, 0.29) is 11.6 Å². The first-order valence-corrected chi connectivity index (χ1v) is 10.4. The third kappa shape index (κ3) is 3.66. The number of aromatic amines is 1. The van der Waals surface area contributed by atoms with E-state index in [4.69, 9.17) is 4.98 Å². The molecule has 5 heteroatoms. The number of H-pyrrole nitrogens is 1. The molecule has 1 aliphatic heterocycles. The lowest BCUT2D eigenvalue weighted by Crippen LogP contribution is -2.28. The third-order valence-corrected chi connectivity index (χ3v) is 5.54. The molecule has 0 fully saturated rings. The highest BCUT2D eigenvalue weighted by Gasteiger charge is 2.28. The van der Waals surface area contributed by atoms with Gasteiger partial charge in [-0.15, -0.1) is 0 Å². The minimum absolute atomic E-state index is 0.184. The Morgan fingerprint density at radius 3 is 2.65 bits per heavy atom. The quantitative estimate of drug-likeness (QED) is 0.478. The minimum atomic E-state index is -0.184. The van der Waals surface area contributed by atoms with Crippen molar-refractivity contribution in [2.24, 2.45) is 0 Å². The van der Waals surface area contributed by atoms with Crippen LogP contribution in [0.5, 0.6) is 0 Å². The molecule has 31 heavy (non-hydrogen) atoms. The molecule has 2 aromatic carbocycles. The predicted molar refractivity (Wildman–Crippen MR) is 126 cm³/mol. The third-order valence-electron chi connectivity index (χ3n) is 5.54. The normalized spacial score (nSPS) is 15.9. The highest BCUT2D eigenvalue weighted by atomic mass is 16.1. The summed E-state index contributed by atoms with van der Waals surface area (Å²) >= 11 is 0. The number of fused-ring (bicyclic) bond motifs is 2. The van der Waals surface area contributed by atoms with Crippen LogP contribution in [-0.2, 0) is 6.42 Å².